The third-order valence-electron chi connectivity index (χ3n) is 5.46. The summed E-state index contributed by atoms with van der Waals surface area (Å²) < 4.78 is 3.81. The van der Waals surface area contributed by atoms with Gasteiger partial charge in [-0.3, -0.25) is 4.79 Å². The molecule has 0 aliphatic heterocycles. The van der Waals surface area contributed by atoms with Crippen LogP contribution >= 0.6 is 0 Å². The van der Waals surface area contributed by atoms with Gasteiger partial charge in [-0.2, -0.15) is 5.10 Å². The molecule has 30 heavy (non-hydrogen) atoms. The minimum absolute atomic E-state index is 0.0247. The summed E-state index contributed by atoms with van der Waals surface area (Å²) in [5, 5.41) is 7.60. The maximum atomic E-state index is 12.6. The molecule has 1 amide bonds. The molecule has 0 fully saturated rings. The predicted molar refractivity (Wildman–Crippen MR) is 116 cm³/mol. The summed E-state index contributed by atoms with van der Waals surface area (Å²) in [6.45, 7) is 7.99. The summed E-state index contributed by atoms with van der Waals surface area (Å²) in [4.78, 5) is 21.3. The van der Waals surface area contributed by atoms with E-state index in [4.69, 9.17) is 0 Å². The third kappa shape index (κ3) is 3.96. The van der Waals surface area contributed by atoms with Crippen LogP contribution in [0.4, 0.5) is 0 Å². The number of imidazole rings is 1. The van der Waals surface area contributed by atoms with Crippen LogP contribution in [-0.2, 0) is 11.2 Å². The first-order valence-corrected chi connectivity index (χ1v) is 10.1. The number of hydrogen-bond acceptors (Lipinski definition) is 4. The standard InChI is InChI=1S/C23H26N6O/c1-15-13-22-25-17(3)21(18(4)29(22)27-15)9-10-23(30)26-16(2)19-5-7-20(8-6-19)28-12-11-24-14-28/h5-8,11-14,16H,9-10H2,1-4H3,(H,26,30). The Morgan fingerprint density at radius 2 is 1.93 bits per heavy atom. The van der Waals surface area contributed by atoms with Crippen LogP contribution in [0.15, 0.2) is 49.1 Å². The zero-order valence-electron chi connectivity index (χ0n) is 17.8. The van der Waals surface area contributed by atoms with Crippen molar-refractivity contribution in [3.8, 4) is 5.69 Å². The molecule has 0 bridgehead atoms. The van der Waals surface area contributed by atoms with E-state index < -0.39 is 0 Å². The number of nitrogens with zero attached hydrogens (tertiary/aromatic N) is 5. The lowest BCUT2D eigenvalue weighted by Crippen LogP contribution is -2.27. The van der Waals surface area contributed by atoms with E-state index in [0.29, 0.717) is 12.8 Å². The van der Waals surface area contributed by atoms with Crippen LogP contribution in [0.1, 0.15) is 47.6 Å². The van der Waals surface area contributed by atoms with Crippen molar-refractivity contribution < 1.29 is 4.79 Å². The van der Waals surface area contributed by atoms with Crippen LogP contribution in [-0.4, -0.2) is 30.1 Å². The second kappa shape index (κ2) is 8.10. The molecular weight excluding hydrogens is 376 g/mol. The largest absolute Gasteiger partial charge is 0.350 e. The van der Waals surface area contributed by atoms with Gasteiger partial charge in [0.05, 0.1) is 18.1 Å². The van der Waals surface area contributed by atoms with Crippen molar-refractivity contribution in [3.05, 3.63) is 77.3 Å². The molecule has 7 heteroatoms. The van der Waals surface area contributed by atoms with E-state index in [9.17, 15) is 4.79 Å². The Hall–Kier alpha value is -3.48. The minimum atomic E-state index is -0.0640. The molecule has 0 aliphatic carbocycles. The van der Waals surface area contributed by atoms with Gasteiger partial charge in [0.1, 0.15) is 0 Å². The van der Waals surface area contributed by atoms with Crippen LogP contribution in [0.25, 0.3) is 11.3 Å². The average Bonchev–Trinajstić information content (AvgIpc) is 3.37. The Balaban J connectivity index is 1.39. The van der Waals surface area contributed by atoms with Gasteiger partial charge >= 0.3 is 0 Å². The highest BCUT2D eigenvalue weighted by Crippen LogP contribution is 2.18. The fourth-order valence-electron chi connectivity index (χ4n) is 3.79. The maximum Gasteiger partial charge on any atom is 0.220 e. The van der Waals surface area contributed by atoms with E-state index in [1.165, 1.54) is 0 Å². The van der Waals surface area contributed by atoms with Gasteiger partial charge in [-0.05, 0) is 57.4 Å². The highest BCUT2D eigenvalue weighted by atomic mass is 16.1. The summed E-state index contributed by atoms with van der Waals surface area (Å²) in [5.74, 6) is 0.0247. The summed E-state index contributed by atoms with van der Waals surface area (Å²) >= 11 is 0. The van der Waals surface area contributed by atoms with Crippen molar-refractivity contribution in [2.75, 3.05) is 0 Å². The topological polar surface area (TPSA) is 77.1 Å². The number of fused-ring (bicyclic) bond motifs is 1. The molecule has 0 radical (unpaired) electrons. The van der Waals surface area contributed by atoms with Crippen LogP contribution in [0.3, 0.4) is 0 Å². The van der Waals surface area contributed by atoms with E-state index >= 15 is 0 Å². The molecule has 1 N–H and O–H groups in total. The average molecular weight is 403 g/mol. The molecule has 0 aliphatic rings. The third-order valence-corrected chi connectivity index (χ3v) is 5.46. The second-order valence-electron chi connectivity index (χ2n) is 7.67. The highest BCUT2D eigenvalue weighted by molar-refractivity contribution is 5.76. The molecule has 154 valence electrons. The van der Waals surface area contributed by atoms with Crippen molar-refractivity contribution in [1.29, 1.82) is 0 Å². The number of carbonyl (C=O) groups is 1. The molecule has 1 aromatic carbocycles. The Labute approximate surface area is 175 Å². The zero-order chi connectivity index (χ0) is 21.3. The fourth-order valence-corrected chi connectivity index (χ4v) is 3.79. The number of benzene rings is 1. The number of carbonyl (C=O) groups excluding carboxylic acids is 1. The van der Waals surface area contributed by atoms with Gasteiger partial charge in [0.25, 0.3) is 0 Å². The first-order chi connectivity index (χ1) is 14.4. The first-order valence-electron chi connectivity index (χ1n) is 10.1. The van der Waals surface area contributed by atoms with E-state index in [-0.39, 0.29) is 11.9 Å². The lowest BCUT2D eigenvalue weighted by Gasteiger charge is -2.16. The molecule has 3 heterocycles. The minimum Gasteiger partial charge on any atom is -0.350 e. The van der Waals surface area contributed by atoms with E-state index in [2.05, 4.69) is 20.4 Å². The number of aromatic nitrogens is 5. The van der Waals surface area contributed by atoms with Crippen molar-refractivity contribution in [3.63, 3.8) is 0 Å². The molecule has 1 atom stereocenters. The molecule has 4 rings (SSSR count). The SMILES string of the molecule is Cc1cc2nc(C)c(CCC(=O)NC(C)c3ccc(-n4ccnc4)cc3)c(C)n2n1. The quantitative estimate of drug-likeness (QED) is 0.534. The van der Waals surface area contributed by atoms with Crippen molar-refractivity contribution in [2.45, 2.75) is 46.6 Å². The molecular formula is C23H26N6O. The lowest BCUT2D eigenvalue weighted by atomic mass is 10.0. The number of hydrogen-bond donors (Lipinski definition) is 1. The second-order valence-corrected chi connectivity index (χ2v) is 7.67. The Morgan fingerprint density at radius 3 is 2.63 bits per heavy atom. The zero-order valence-corrected chi connectivity index (χ0v) is 17.8. The number of aryl methyl sites for hydroxylation is 3. The van der Waals surface area contributed by atoms with Gasteiger partial charge in [-0.1, -0.05) is 12.1 Å². The lowest BCUT2D eigenvalue weighted by molar-refractivity contribution is -0.121. The smallest absolute Gasteiger partial charge is 0.220 e. The van der Waals surface area contributed by atoms with Crippen molar-refractivity contribution in [2.24, 2.45) is 0 Å². The Morgan fingerprint density at radius 1 is 1.17 bits per heavy atom. The van der Waals surface area contributed by atoms with Crippen molar-refractivity contribution in [1.82, 2.24) is 29.5 Å². The van der Waals surface area contributed by atoms with E-state index in [1.807, 2.05) is 73.3 Å². The predicted octanol–water partition coefficient (Wildman–Crippen LogP) is 3.65. The van der Waals surface area contributed by atoms with Crippen LogP contribution in [0, 0.1) is 20.8 Å². The molecule has 0 saturated carbocycles. The molecule has 3 aromatic heterocycles. The molecule has 4 aromatic rings. The van der Waals surface area contributed by atoms with Crippen LogP contribution < -0.4 is 5.32 Å². The first kappa shape index (κ1) is 19.8. The van der Waals surface area contributed by atoms with Gasteiger partial charge in [0, 0.05) is 42.0 Å². The highest BCUT2D eigenvalue weighted by Gasteiger charge is 2.14. The molecule has 1 unspecified atom stereocenters. The van der Waals surface area contributed by atoms with Gasteiger partial charge in [0.2, 0.25) is 5.91 Å². The van der Waals surface area contributed by atoms with Gasteiger partial charge < -0.3 is 9.88 Å². The summed E-state index contributed by atoms with van der Waals surface area (Å²) in [5.41, 5.74) is 6.97. The Kier molecular flexibility index (Phi) is 5.35. The van der Waals surface area contributed by atoms with E-state index in [1.54, 1.807) is 12.5 Å². The van der Waals surface area contributed by atoms with Crippen LogP contribution in [0.2, 0.25) is 0 Å². The number of rotatable bonds is 6. The summed E-state index contributed by atoms with van der Waals surface area (Å²) in [6, 6.07) is 10.0. The summed E-state index contributed by atoms with van der Waals surface area (Å²) in [6.07, 6.45) is 6.47. The summed E-state index contributed by atoms with van der Waals surface area (Å²) in [7, 11) is 0. The van der Waals surface area contributed by atoms with Gasteiger partial charge in [-0.25, -0.2) is 14.5 Å². The van der Waals surface area contributed by atoms with Crippen LogP contribution in [0.5, 0.6) is 0 Å². The monoisotopic (exact) mass is 402 g/mol. The number of amides is 1. The van der Waals surface area contributed by atoms with E-state index in [0.717, 1.165) is 39.5 Å². The van der Waals surface area contributed by atoms with Gasteiger partial charge in [-0.15, -0.1) is 0 Å². The van der Waals surface area contributed by atoms with Crippen molar-refractivity contribution >= 4 is 11.6 Å². The maximum absolute atomic E-state index is 12.6. The molecule has 0 saturated heterocycles. The molecule has 7 nitrogen and oxygen atoms in total. The Bertz CT molecular complexity index is 1170. The number of nitrogens with one attached hydrogen (secondary N) is 1. The van der Waals surface area contributed by atoms with Gasteiger partial charge in [0.15, 0.2) is 5.65 Å². The molecule has 0 spiro atoms. The normalized spacial score (nSPS) is 12.3. The fraction of sp³-hybridized carbons (Fsp3) is 0.304.